The number of carbonyl (C=O) groups is 5. The Morgan fingerprint density at radius 3 is 2.09 bits per heavy atom. The second-order valence-electron chi connectivity index (χ2n) is 7.49. The molecule has 4 atom stereocenters. The Balaban J connectivity index is 1.47. The van der Waals surface area contributed by atoms with Gasteiger partial charge in [0.15, 0.2) is 6.61 Å². The van der Waals surface area contributed by atoms with Crippen LogP contribution >= 0.6 is 31.9 Å². The van der Waals surface area contributed by atoms with Crippen LogP contribution in [0.5, 0.6) is 0 Å². The van der Waals surface area contributed by atoms with Gasteiger partial charge in [-0.3, -0.25) is 24.1 Å². The summed E-state index contributed by atoms with van der Waals surface area (Å²) in [5, 5.41) is 2.53. The number of fused-ring (bicyclic) bond motifs is 1. The molecule has 9 nitrogen and oxygen atoms in total. The number of amides is 3. The predicted molar refractivity (Wildman–Crippen MR) is 120 cm³/mol. The minimum atomic E-state index is -0.844. The number of rotatable bonds is 7. The lowest BCUT2D eigenvalue weighted by Crippen LogP contribution is -2.37. The molecule has 1 N–H and O–H groups in total. The van der Waals surface area contributed by atoms with Crippen LogP contribution in [-0.2, 0) is 28.7 Å². The van der Waals surface area contributed by atoms with Crippen molar-refractivity contribution >= 4 is 67.2 Å². The summed E-state index contributed by atoms with van der Waals surface area (Å²) < 4.78 is 9.82. The third-order valence-corrected chi connectivity index (χ3v) is 8.07. The zero-order valence-electron chi connectivity index (χ0n) is 17.2. The van der Waals surface area contributed by atoms with Gasteiger partial charge in [-0.15, -0.1) is 0 Å². The highest BCUT2D eigenvalue weighted by atomic mass is 79.9. The van der Waals surface area contributed by atoms with E-state index in [1.807, 2.05) is 0 Å². The molecule has 3 rings (SSSR count). The van der Waals surface area contributed by atoms with Gasteiger partial charge in [0.25, 0.3) is 5.91 Å². The molecule has 1 aromatic carbocycles. The fourth-order valence-corrected chi connectivity index (χ4v) is 4.98. The van der Waals surface area contributed by atoms with Crippen molar-refractivity contribution in [3.05, 3.63) is 29.8 Å². The van der Waals surface area contributed by atoms with Gasteiger partial charge in [0.05, 0.1) is 24.0 Å². The predicted octanol–water partition coefficient (Wildman–Crippen LogP) is 2.27. The Labute approximate surface area is 201 Å². The molecule has 32 heavy (non-hydrogen) atoms. The van der Waals surface area contributed by atoms with Gasteiger partial charge in [0, 0.05) is 15.3 Å². The third-order valence-electron chi connectivity index (χ3n) is 5.33. The SMILES string of the molecule is CCOC(=O)c1ccc(NC(=O)COC(=O)CN2C(=O)[C@H]3C[C@@H](Br)[C@@H](Br)C[C@H]3C2=O)cc1. The topological polar surface area (TPSA) is 119 Å². The van der Waals surface area contributed by atoms with E-state index in [1.54, 1.807) is 6.92 Å². The normalized spacial score (nSPS) is 24.7. The Morgan fingerprint density at radius 2 is 1.56 bits per heavy atom. The quantitative estimate of drug-likeness (QED) is 0.302. The lowest BCUT2D eigenvalue weighted by atomic mass is 9.81. The zero-order chi connectivity index (χ0) is 23.4. The number of anilines is 1. The van der Waals surface area contributed by atoms with Crippen LogP contribution in [0, 0.1) is 11.8 Å². The maximum absolute atomic E-state index is 12.6. The molecule has 3 amide bonds. The Hall–Kier alpha value is -2.27. The van der Waals surface area contributed by atoms with E-state index in [9.17, 15) is 24.0 Å². The van der Waals surface area contributed by atoms with Gasteiger partial charge in [-0.05, 0) is 44.0 Å². The fourth-order valence-electron chi connectivity index (χ4n) is 3.74. The summed E-state index contributed by atoms with van der Waals surface area (Å²) in [4.78, 5) is 62.1. The number of esters is 2. The molecule has 0 bridgehead atoms. The first-order chi connectivity index (χ1) is 15.2. The maximum Gasteiger partial charge on any atom is 0.338 e. The molecular weight excluding hydrogens is 552 g/mol. The molecule has 0 radical (unpaired) electrons. The highest BCUT2D eigenvalue weighted by molar-refractivity contribution is 9.12. The number of nitrogens with one attached hydrogen (secondary N) is 1. The second kappa shape index (κ2) is 10.6. The van der Waals surface area contributed by atoms with E-state index in [-0.39, 0.29) is 28.1 Å². The third kappa shape index (κ3) is 5.55. The maximum atomic E-state index is 12.6. The molecule has 1 saturated heterocycles. The van der Waals surface area contributed by atoms with Crippen molar-refractivity contribution in [2.45, 2.75) is 29.4 Å². The van der Waals surface area contributed by atoms with E-state index in [0.717, 1.165) is 4.90 Å². The minimum absolute atomic E-state index is 0.0717. The van der Waals surface area contributed by atoms with Gasteiger partial charge in [0.1, 0.15) is 6.54 Å². The minimum Gasteiger partial charge on any atom is -0.462 e. The molecule has 1 aliphatic heterocycles. The van der Waals surface area contributed by atoms with Crippen LogP contribution in [-0.4, -0.2) is 64.0 Å². The molecule has 0 spiro atoms. The number of alkyl halides is 2. The monoisotopic (exact) mass is 572 g/mol. The summed E-state index contributed by atoms with van der Waals surface area (Å²) in [7, 11) is 0. The number of halogens is 2. The van der Waals surface area contributed by atoms with Crippen LogP contribution in [0.3, 0.4) is 0 Å². The van der Waals surface area contributed by atoms with E-state index in [0.29, 0.717) is 24.1 Å². The Morgan fingerprint density at radius 1 is 1.00 bits per heavy atom. The van der Waals surface area contributed by atoms with Crippen LogP contribution in [0.15, 0.2) is 24.3 Å². The van der Waals surface area contributed by atoms with Crippen LogP contribution in [0.1, 0.15) is 30.1 Å². The number of ether oxygens (including phenoxy) is 2. The molecule has 2 fully saturated rings. The number of benzene rings is 1. The number of likely N-dealkylation sites (tertiary alicyclic amines) is 1. The molecule has 11 heteroatoms. The second-order valence-corrected chi connectivity index (χ2v) is 9.84. The Bertz CT molecular complexity index is 893. The molecule has 1 aromatic rings. The summed E-state index contributed by atoms with van der Waals surface area (Å²) in [6.07, 6.45) is 1.02. The van der Waals surface area contributed by atoms with E-state index < -0.39 is 42.8 Å². The van der Waals surface area contributed by atoms with E-state index in [2.05, 4.69) is 37.2 Å². The van der Waals surface area contributed by atoms with Crippen LogP contribution in [0.2, 0.25) is 0 Å². The number of carbonyl (C=O) groups excluding carboxylic acids is 5. The summed E-state index contributed by atoms with van der Waals surface area (Å²) in [6, 6.07) is 6.03. The number of imide groups is 1. The van der Waals surface area contributed by atoms with E-state index in [4.69, 9.17) is 9.47 Å². The van der Waals surface area contributed by atoms with Gasteiger partial charge in [-0.1, -0.05) is 31.9 Å². The Kier molecular flexibility index (Phi) is 8.05. The largest absolute Gasteiger partial charge is 0.462 e. The van der Waals surface area contributed by atoms with Crippen molar-refractivity contribution in [3.8, 4) is 0 Å². The van der Waals surface area contributed by atoms with Crippen molar-refractivity contribution in [3.63, 3.8) is 0 Å². The van der Waals surface area contributed by atoms with Crippen molar-refractivity contribution in [1.29, 1.82) is 0 Å². The number of hydrogen-bond donors (Lipinski definition) is 1. The lowest BCUT2D eigenvalue weighted by molar-refractivity contribution is -0.154. The van der Waals surface area contributed by atoms with E-state index >= 15 is 0 Å². The first-order valence-electron chi connectivity index (χ1n) is 10.1. The van der Waals surface area contributed by atoms with Gasteiger partial charge < -0.3 is 14.8 Å². The summed E-state index contributed by atoms with van der Waals surface area (Å²) >= 11 is 7.01. The van der Waals surface area contributed by atoms with Gasteiger partial charge >= 0.3 is 11.9 Å². The van der Waals surface area contributed by atoms with E-state index in [1.165, 1.54) is 24.3 Å². The highest BCUT2D eigenvalue weighted by Crippen LogP contribution is 2.43. The zero-order valence-corrected chi connectivity index (χ0v) is 20.4. The molecule has 1 aliphatic carbocycles. The molecule has 1 heterocycles. The standard InChI is InChI=1S/C21H22Br2N2O7/c1-2-31-21(30)11-3-5-12(6-4-11)24-17(26)10-32-18(27)9-25-19(28)13-7-15(22)16(23)8-14(13)20(25)29/h3-6,13-16H,2,7-10H2,1H3,(H,24,26)/t13-,14+,15+,16-. The summed E-state index contributed by atoms with van der Waals surface area (Å²) in [6.45, 7) is 0.862. The van der Waals surface area contributed by atoms with Crippen molar-refractivity contribution in [2.75, 3.05) is 25.1 Å². The number of hydrogen-bond acceptors (Lipinski definition) is 7. The van der Waals surface area contributed by atoms with Crippen molar-refractivity contribution in [1.82, 2.24) is 4.90 Å². The average Bonchev–Trinajstić information content (AvgIpc) is 2.97. The fraction of sp³-hybridized carbons (Fsp3) is 0.476. The van der Waals surface area contributed by atoms with Crippen LogP contribution < -0.4 is 5.32 Å². The van der Waals surface area contributed by atoms with Crippen molar-refractivity contribution < 1.29 is 33.4 Å². The van der Waals surface area contributed by atoms with Crippen molar-refractivity contribution in [2.24, 2.45) is 11.8 Å². The number of nitrogens with zero attached hydrogens (tertiary/aromatic N) is 1. The molecule has 2 aliphatic rings. The first kappa shape index (κ1) is 24.4. The molecular formula is C21H22Br2N2O7. The molecule has 0 aromatic heterocycles. The average molecular weight is 574 g/mol. The van der Waals surface area contributed by atoms with Crippen LogP contribution in [0.25, 0.3) is 0 Å². The lowest BCUT2D eigenvalue weighted by Gasteiger charge is -2.29. The molecule has 1 saturated carbocycles. The summed E-state index contributed by atoms with van der Waals surface area (Å²) in [5.74, 6) is -3.57. The smallest absolute Gasteiger partial charge is 0.338 e. The highest BCUT2D eigenvalue weighted by Gasteiger charge is 2.52. The molecule has 172 valence electrons. The summed E-state index contributed by atoms with van der Waals surface area (Å²) in [5.41, 5.74) is 0.746. The van der Waals surface area contributed by atoms with Crippen LogP contribution in [0.4, 0.5) is 5.69 Å². The first-order valence-corrected chi connectivity index (χ1v) is 11.9. The molecule has 0 unspecified atom stereocenters. The van der Waals surface area contributed by atoms with Gasteiger partial charge in [-0.25, -0.2) is 4.79 Å². The van der Waals surface area contributed by atoms with Gasteiger partial charge in [-0.2, -0.15) is 0 Å². The van der Waals surface area contributed by atoms with Gasteiger partial charge in [0.2, 0.25) is 11.8 Å².